The predicted molar refractivity (Wildman–Crippen MR) is 94.6 cm³/mol. The second kappa shape index (κ2) is 8.77. The summed E-state index contributed by atoms with van der Waals surface area (Å²) >= 11 is 1.05. The molecule has 1 amide bonds. The van der Waals surface area contributed by atoms with Crippen molar-refractivity contribution in [3.8, 4) is 0 Å². The molecule has 25 heavy (non-hydrogen) atoms. The summed E-state index contributed by atoms with van der Waals surface area (Å²) in [5.41, 5.74) is 0. The van der Waals surface area contributed by atoms with Crippen molar-refractivity contribution in [2.24, 2.45) is 5.92 Å². The van der Waals surface area contributed by atoms with Crippen LogP contribution in [0.25, 0.3) is 0 Å². The molecule has 1 aromatic rings. The van der Waals surface area contributed by atoms with Crippen molar-refractivity contribution in [1.82, 2.24) is 10.0 Å². The smallest absolute Gasteiger partial charge is 0.321 e. The number of carbonyl (C=O) groups excluding carboxylic acids is 2. The molecular weight excluding hydrogens is 364 g/mol. The Labute approximate surface area is 152 Å². The minimum atomic E-state index is -3.73. The van der Waals surface area contributed by atoms with Crippen molar-refractivity contribution >= 4 is 33.2 Å². The molecule has 0 bridgehead atoms. The number of carbonyl (C=O) groups is 2. The molecule has 3 unspecified atom stereocenters. The molecule has 1 aromatic heterocycles. The lowest BCUT2D eigenvalue weighted by molar-refractivity contribution is -0.154. The number of esters is 1. The Morgan fingerprint density at radius 1 is 1.36 bits per heavy atom. The van der Waals surface area contributed by atoms with Gasteiger partial charge in [-0.05, 0) is 37.1 Å². The zero-order valence-corrected chi connectivity index (χ0v) is 16.0. The SMILES string of the molecule is CC(OC(=O)CNS(=O)(=O)c1cccs1)C(=O)NC1CCCCC1C. The largest absolute Gasteiger partial charge is 0.452 e. The Balaban J connectivity index is 1.78. The second-order valence-electron chi connectivity index (χ2n) is 6.27. The van der Waals surface area contributed by atoms with Crippen LogP contribution in [0.15, 0.2) is 21.7 Å². The lowest BCUT2D eigenvalue weighted by Gasteiger charge is -2.30. The number of ether oxygens (including phenoxy) is 1. The zero-order valence-electron chi connectivity index (χ0n) is 14.4. The molecule has 1 heterocycles. The first-order valence-corrected chi connectivity index (χ1v) is 10.7. The molecule has 7 nitrogen and oxygen atoms in total. The van der Waals surface area contributed by atoms with Gasteiger partial charge in [-0.2, -0.15) is 4.72 Å². The number of thiophene rings is 1. The van der Waals surface area contributed by atoms with E-state index in [1.54, 1.807) is 11.4 Å². The number of amides is 1. The van der Waals surface area contributed by atoms with Crippen molar-refractivity contribution < 1.29 is 22.7 Å². The van der Waals surface area contributed by atoms with Gasteiger partial charge >= 0.3 is 5.97 Å². The molecule has 0 radical (unpaired) electrons. The number of sulfonamides is 1. The van der Waals surface area contributed by atoms with E-state index in [0.29, 0.717) is 5.92 Å². The standard InChI is InChI=1S/C16H24N2O5S2/c1-11-6-3-4-7-13(11)18-16(20)12(2)23-14(19)10-17-25(21,22)15-8-5-9-24-15/h5,8-9,11-13,17H,3-4,6-7,10H2,1-2H3,(H,18,20). The van der Waals surface area contributed by atoms with Gasteiger partial charge < -0.3 is 10.1 Å². The molecule has 0 saturated heterocycles. The van der Waals surface area contributed by atoms with Crippen molar-refractivity contribution in [3.05, 3.63) is 17.5 Å². The van der Waals surface area contributed by atoms with Gasteiger partial charge in [-0.3, -0.25) is 9.59 Å². The fourth-order valence-electron chi connectivity index (χ4n) is 2.76. The van der Waals surface area contributed by atoms with Crippen LogP contribution in [-0.2, 0) is 24.3 Å². The van der Waals surface area contributed by atoms with Crippen molar-refractivity contribution in [3.63, 3.8) is 0 Å². The van der Waals surface area contributed by atoms with Crippen molar-refractivity contribution in [2.45, 2.75) is 55.9 Å². The maximum absolute atomic E-state index is 12.2. The highest BCUT2D eigenvalue weighted by molar-refractivity contribution is 7.91. The topological polar surface area (TPSA) is 102 Å². The van der Waals surface area contributed by atoms with E-state index >= 15 is 0 Å². The second-order valence-corrected chi connectivity index (χ2v) is 9.21. The molecule has 1 aliphatic carbocycles. The summed E-state index contributed by atoms with van der Waals surface area (Å²) in [6, 6.07) is 3.15. The highest BCUT2D eigenvalue weighted by Gasteiger charge is 2.26. The molecule has 1 fully saturated rings. The minimum absolute atomic E-state index is 0.0970. The summed E-state index contributed by atoms with van der Waals surface area (Å²) < 4.78 is 31.2. The van der Waals surface area contributed by atoms with Gasteiger partial charge in [0.15, 0.2) is 6.10 Å². The van der Waals surface area contributed by atoms with Gasteiger partial charge in [0.05, 0.1) is 0 Å². The van der Waals surface area contributed by atoms with Gasteiger partial charge in [-0.1, -0.05) is 25.8 Å². The maximum Gasteiger partial charge on any atom is 0.321 e. The van der Waals surface area contributed by atoms with Crippen molar-refractivity contribution in [1.29, 1.82) is 0 Å². The molecule has 9 heteroatoms. The number of rotatable bonds is 7. The zero-order chi connectivity index (χ0) is 18.4. The Hall–Kier alpha value is -1.45. The molecule has 2 rings (SSSR count). The Kier molecular flexibility index (Phi) is 6.97. The van der Waals surface area contributed by atoms with Crippen LogP contribution in [0.3, 0.4) is 0 Å². The first kappa shape index (κ1) is 19.9. The van der Waals surface area contributed by atoms with E-state index in [0.717, 1.165) is 30.6 Å². The fourth-order valence-corrected chi connectivity index (χ4v) is 4.77. The summed E-state index contributed by atoms with van der Waals surface area (Å²) in [6.07, 6.45) is 3.28. The quantitative estimate of drug-likeness (QED) is 0.692. The summed E-state index contributed by atoms with van der Waals surface area (Å²) in [6.45, 7) is 3.06. The molecule has 0 spiro atoms. The molecule has 3 atom stereocenters. The lowest BCUT2D eigenvalue weighted by atomic mass is 9.86. The van der Waals surface area contributed by atoms with Crippen molar-refractivity contribution in [2.75, 3.05) is 6.54 Å². The highest BCUT2D eigenvalue weighted by atomic mass is 32.2. The third kappa shape index (κ3) is 5.79. The Bertz CT molecular complexity index is 687. The highest BCUT2D eigenvalue weighted by Crippen LogP contribution is 2.23. The molecule has 1 saturated carbocycles. The first-order valence-electron chi connectivity index (χ1n) is 8.32. The van der Waals surface area contributed by atoms with Crippen LogP contribution < -0.4 is 10.0 Å². The predicted octanol–water partition coefficient (Wildman–Crippen LogP) is 1.65. The first-order chi connectivity index (χ1) is 11.8. The van der Waals surface area contributed by atoms with E-state index in [4.69, 9.17) is 4.74 Å². The van der Waals surface area contributed by atoms with Crippen LogP contribution >= 0.6 is 11.3 Å². The molecule has 140 valence electrons. The molecule has 1 aliphatic rings. The van der Waals surface area contributed by atoms with Crippen LogP contribution in [0.5, 0.6) is 0 Å². The van der Waals surface area contributed by atoms with E-state index in [1.165, 1.54) is 19.4 Å². The third-order valence-corrected chi connectivity index (χ3v) is 7.08. The lowest BCUT2D eigenvalue weighted by Crippen LogP contribution is -2.46. The number of nitrogens with one attached hydrogen (secondary N) is 2. The summed E-state index contributed by atoms with van der Waals surface area (Å²) in [5.74, 6) is -0.745. The summed E-state index contributed by atoms with van der Waals surface area (Å²) in [4.78, 5) is 24.0. The molecule has 0 aromatic carbocycles. The Morgan fingerprint density at radius 3 is 2.72 bits per heavy atom. The van der Waals surface area contributed by atoms with Gasteiger partial charge in [0.2, 0.25) is 0 Å². The average molecular weight is 389 g/mol. The summed E-state index contributed by atoms with van der Waals surface area (Å²) in [5, 5.41) is 4.55. The number of hydrogen-bond donors (Lipinski definition) is 2. The van der Waals surface area contributed by atoms with Gasteiger partial charge in [0.25, 0.3) is 15.9 Å². The van der Waals surface area contributed by atoms with Gasteiger partial charge in [-0.15, -0.1) is 11.3 Å². The van der Waals surface area contributed by atoms with E-state index in [-0.39, 0.29) is 16.2 Å². The van der Waals surface area contributed by atoms with Gasteiger partial charge in [0.1, 0.15) is 10.8 Å². The molecule has 0 aliphatic heterocycles. The van der Waals surface area contributed by atoms with Crippen LogP contribution in [0.1, 0.15) is 39.5 Å². The van der Waals surface area contributed by atoms with Gasteiger partial charge in [0, 0.05) is 6.04 Å². The monoisotopic (exact) mass is 388 g/mol. The molecule has 2 N–H and O–H groups in total. The Morgan fingerprint density at radius 2 is 2.08 bits per heavy atom. The normalized spacial score (nSPS) is 22.2. The van der Waals surface area contributed by atoms with E-state index in [9.17, 15) is 18.0 Å². The average Bonchev–Trinajstić information content (AvgIpc) is 3.10. The van der Waals surface area contributed by atoms with Crippen LogP contribution in [-0.4, -0.2) is 39.0 Å². The fraction of sp³-hybridized carbons (Fsp3) is 0.625. The van der Waals surface area contributed by atoms with Gasteiger partial charge in [-0.25, -0.2) is 8.42 Å². The summed E-state index contributed by atoms with van der Waals surface area (Å²) in [7, 11) is -3.73. The van der Waals surface area contributed by atoms with Crippen LogP contribution in [0.4, 0.5) is 0 Å². The van der Waals surface area contributed by atoms with E-state index < -0.39 is 28.6 Å². The maximum atomic E-state index is 12.2. The van der Waals surface area contributed by atoms with E-state index in [1.807, 2.05) is 0 Å². The number of hydrogen-bond acceptors (Lipinski definition) is 6. The van der Waals surface area contributed by atoms with Crippen LogP contribution in [0, 0.1) is 5.92 Å². The van der Waals surface area contributed by atoms with Crippen LogP contribution in [0.2, 0.25) is 0 Å². The molecular formula is C16H24N2O5S2. The van der Waals surface area contributed by atoms with E-state index in [2.05, 4.69) is 17.0 Å². The third-order valence-electron chi connectivity index (χ3n) is 4.28. The minimum Gasteiger partial charge on any atom is -0.452 e.